The summed E-state index contributed by atoms with van der Waals surface area (Å²) in [6, 6.07) is 0. The van der Waals surface area contributed by atoms with Crippen LogP contribution < -0.4 is 11.1 Å². The molecule has 3 N–H and O–H groups in total. The van der Waals surface area contributed by atoms with E-state index in [1.165, 1.54) is 5.69 Å². The Bertz CT molecular complexity index is 454. The molecule has 1 aliphatic heterocycles. The minimum absolute atomic E-state index is 0.0814. The van der Waals surface area contributed by atoms with E-state index >= 15 is 0 Å². The van der Waals surface area contributed by atoms with Gasteiger partial charge in [-0.25, -0.2) is 4.98 Å². The molecule has 1 aromatic rings. The average Bonchev–Trinajstić information content (AvgIpc) is 2.90. The van der Waals surface area contributed by atoms with Crippen molar-refractivity contribution in [2.75, 3.05) is 26.2 Å². The first-order chi connectivity index (χ1) is 10.1. The van der Waals surface area contributed by atoms with Crippen LogP contribution in [0, 0.1) is 18.8 Å². The number of aromatic nitrogens is 1. The molecule has 2 heterocycles. The highest BCUT2D eigenvalue weighted by Gasteiger charge is 2.21. The second kappa shape index (κ2) is 7.87. The maximum absolute atomic E-state index is 11.7. The standard InChI is InChI=1S/C15H26N4OS/c1-11(7-16)15(20)17-8-13-3-5-19(6-4-13)9-14-10-21-12(2)18-14/h10-11,13H,3-9,16H2,1-2H3,(H,17,20). The molecule has 2 rings (SSSR count). The molecule has 1 amide bonds. The summed E-state index contributed by atoms with van der Waals surface area (Å²) in [5.74, 6) is 0.586. The van der Waals surface area contributed by atoms with Crippen LogP contribution in [-0.4, -0.2) is 42.0 Å². The Balaban J connectivity index is 1.67. The number of carbonyl (C=O) groups is 1. The number of hydrogen-bond donors (Lipinski definition) is 2. The summed E-state index contributed by atoms with van der Waals surface area (Å²) in [6.45, 7) is 8.24. The molecule has 0 spiro atoms. The zero-order valence-electron chi connectivity index (χ0n) is 13.0. The van der Waals surface area contributed by atoms with E-state index in [1.807, 2.05) is 13.8 Å². The van der Waals surface area contributed by atoms with Crippen molar-refractivity contribution in [3.63, 3.8) is 0 Å². The molecule has 1 saturated heterocycles. The first-order valence-electron chi connectivity index (χ1n) is 7.69. The third-order valence-corrected chi connectivity index (χ3v) is 4.95. The van der Waals surface area contributed by atoms with E-state index in [0.29, 0.717) is 12.5 Å². The third-order valence-electron chi connectivity index (χ3n) is 4.13. The van der Waals surface area contributed by atoms with E-state index in [-0.39, 0.29) is 11.8 Å². The van der Waals surface area contributed by atoms with Gasteiger partial charge in [0.1, 0.15) is 0 Å². The van der Waals surface area contributed by atoms with Crippen molar-refractivity contribution in [2.45, 2.75) is 33.2 Å². The Kier molecular flexibility index (Phi) is 6.14. The lowest BCUT2D eigenvalue weighted by Gasteiger charge is -2.31. The van der Waals surface area contributed by atoms with Crippen LogP contribution in [-0.2, 0) is 11.3 Å². The van der Waals surface area contributed by atoms with Crippen molar-refractivity contribution < 1.29 is 4.79 Å². The lowest BCUT2D eigenvalue weighted by Crippen LogP contribution is -2.40. The number of carbonyl (C=O) groups excluding carboxylic acids is 1. The van der Waals surface area contributed by atoms with Gasteiger partial charge in [0.05, 0.1) is 10.7 Å². The maximum Gasteiger partial charge on any atom is 0.224 e. The minimum atomic E-state index is -0.0852. The maximum atomic E-state index is 11.7. The number of nitrogens with one attached hydrogen (secondary N) is 1. The smallest absolute Gasteiger partial charge is 0.224 e. The monoisotopic (exact) mass is 310 g/mol. The Morgan fingerprint density at radius 3 is 2.86 bits per heavy atom. The zero-order valence-corrected chi connectivity index (χ0v) is 13.8. The SMILES string of the molecule is Cc1nc(CN2CCC(CNC(=O)C(C)CN)CC2)cs1. The Hall–Kier alpha value is -0.980. The molecule has 0 saturated carbocycles. The normalized spacial score (nSPS) is 18.6. The van der Waals surface area contributed by atoms with E-state index in [9.17, 15) is 4.79 Å². The van der Waals surface area contributed by atoms with E-state index in [0.717, 1.165) is 44.0 Å². The van der Waals surface area contributed by atoms with Crippen LogP contribution >= 0.6 is 11.3 Å². The van der Waals surface area contributed by atoms with Gasteiger partial charge < -0.3 is 11.1 Å². The molecule has 118 valence electrons. The molecule has 0 bridgehead atoms. The summed E-state index contributed by atoms with van der Waals surface area (Å²) in [6.07, 6.45) is 2.28. The number of likely N-dealkylation sites (tertiary alicyclic amines) is 1. The number of nitrogens with two attached hydrogens (primary N) is 1. The fourth-order valence-electron chi connectivity index (χ4n) is 2.58. The molecule has 1 aromatic heterocycles. The molecule has 1 atom stereocenters. The Morgan fingerprint density at radius 1 is 1.57 bits per heavy atom. The van der Waals surface area contributed by atoms with Crippen molar-refractivity contribution >= 4 is 17.2 Å². The summed E-state index contributed by atoms with van der Waals surface area (Å²) in [5, 5.41) is 6.31. The van der Waals surface area contributed by atoms with Gasteiger partial charge in [-0.15, -0.1) is 11.3 Å². The van der Waals surface area contributed by atoms with Gasteiger partial charge >= 0.3 is 0 Å². The van der Waals surface area contributed by atoms with Crippen LogP contribution in [0.1, 0.15) is 30.5 Å². The number of rotatable bonds is 6. The van der Waals surface area contributed by atoms with Gasteiger partial charge in [-0.05, 0) is 38.8 Å². The lowest BCUT2D eigenvalue weighted by molar-refractivity contribution is -0.124. The van der Waals surface area contributed by atoms with Gasteiger partial charge in [0, 0.05) is 30.9 Å². The lowest BCUT2D eigenvalue weighted by atomic mass is 9.96. The molecule has 21 heavy (non-hydrogen) atoms. The predicted molar refractivity (Wildman–Crippen MR) is 86.1 cm³/mol. The molecule has 0 aromatic carbocycles. The van der Waals surface area contributed by atoms with Gasteiger partial charge in [-0.1, -0.05) is 6.92 Å². The van der Waals surface area contributed by atoms with Crippen LogP contribution in [0.15, 0.2) is 5.38 Å². The van der Waals surface area contributed by atoms with Gasteiger partial charge in [0.25, 0.3) is 0 Å². The van der Waals surface area contributed by atoms with Gasteiger partial charge in [-0.2, -0.15) is 0 Å². The fourth-order valence-corrected chi connectivity index (χ4v) is 3.19. The van der Waals surface area contributed by atoms with Crippen molar-refractivity contribution in [1.29, 1.82) is 0 Å². The fraction of sp³-hybridized carbons (Fsp3) is 0.733. The summed E-state index contributed by atoms with van der Waals surface area (Å²) in [7, 11) is 0. The predicted octanol–water partition coefficient (Wildman–Crippen LogP) is 1.37. The van der Waals surface area contributed by atoms with Crippen LogP contribution in [0.2, 0.25) is 0 Å². The number of nitrogens with zero attached hydrogens (tertiary/aromatic N) is 2. The number of thiazole rings is 1. The summed E-state index contributed by atoms with van der Waals surface area (Å²) in [4.78, 5) is 18.7. The van der Waals surface area contributed by atoms with Crippen LogP contribution in [0.5, 0.6) is 0 Å². The quantitative estimate of drug-likeness (QED) is 0.832. The highest BCUT2D eigenvalue weighted by Crippen LogP contribution is 2.19. The largest absolute Gasteiger partial charge is 0.356 e. The highest BCUT2D eigenvalue weighted by molar-refractivity contribution is 7.09. The molecular weight excluding hydrogens is 284 g/mol. The summed E-state index contributed by atoms with van der Waals surface area (Å²) < 4.78 is 0. The second-order valence-electron chi connectivity index (χ2n) is 5.96. The van der Waals surface area contributed by atoms with E-state index < -0.39 is 0 Å². The molecule has 1 fully saturated rings. The molecule has 1 unspecified atom stereocenters. The molecule has 1 aliphatic rings. The molecule has 0 aliphatic carbocycles. The van der Waals surface area contributed by atoms with Crippen molar-refractivity contribution in [3.05, 3.63) is 16.1 Å². The number of aryl methyl sites for hydroxylation is 1. The van der Waals surface area contributed by atoms with Gasteiger partial charge in [-0.3, -0.25) is 9.69 Å². The van der Waals surface area contributed by atoms with Crippen molar-refractivity contribution in [3.8, 4) is 0 Å². The number of amides is 1. The highest BCUT2D eigenvalue weighted by atomic mass is 32.1. The topological polar surface area (TPSA) is 71.2 Å². The van der Waals surface area contributed by atoms with Crippen LogP contribution in [0.4, 0.5) is 0 Å². The number of hydrogen-bond acceptors (Lipinski definition) is 5. The average molecular weight is 310 g/mol. The Morgan fingerprint density at radius 2 is 2.29 bits per heavy atom. The van der Waals surface area contributed by atoms with Gasteiger partial charge in [0.15, 0.2) is 0 Å². The van der Waals surface area contributed by atoms with Crippen LogP contribution in [0.25, 0.3) is 0 Å². The Labute approximate surface area is 130 Å². The summed E-state index contributed by atoms with van der Waals surface area (Å²) >= 11 is 1.71. The first-order valence-corrected chi connectivity index (χ1v) is 8.57. The van der Waals surface area contributed by atoms with E-state index in [4.69, 9.17) is 5.73 Å². The zero-order chi connectivity index (χ0) is 15.2. The molecule has 5 nitrogen and oxygen atoms in total. The summed E-state index contributed by atoms with van der Waals surface area (Å²) in [5.41, 5.74) is 6.68. The second-order valence-corrected chi connectivity index (χ2v) is 7.02. The molecular formula is C15H26N4OS. The number of piperidine rings is 1. The van der Waals surface area contributed by atoms with Crippen LogP contribution in [0.3, 0.4) is 0 Å². The van der Waals surface area contributed by atoms with Gasteiger partial charge in [0.2, 0.25) is 5.91 Å². The van der Waals surface area contributed by atoms with E-state index in [2.05, 4.69) is 20.6 Å². The molecule has 0 radical (unpaired) electrons. The molecule has 6 heteroatoms. The van der Waals surface area contributed by atoms with Crippen molar-refractivity contribution in [2.24, 2.45) is 17.6 Å². The van der Waals surface area contributed by atoms with Crippen molar-refractivity contribution in [1.82, 2.24) is 15.2 Å². The first kappa shape index (κ1) is 16.4. The van der Waals surface area contributed by atoms with E-state index in [1.54, 1.807) is 11.3 Å². The minimum Gasteiger partial charge on any atom is -0.356 e. The third kappa shape index (κ3) is 5.05.